The maximum Gasteiger partial charge on any atom is 0.0781 e. The molecule has 3 fully saturated rings. The van der Waals surface area contributed by atoms with Gasteiger partial charge in [-0.2, -0.15) is 5.10 Å². The number of aliphatic hydroxyl groups is 1. The van der Waals surface area contributed by atoms with E-state index in [0.717, 1.165) is 31.8 Å². The van der Waals surface area contributed by atoms with Crippen molar-refractivity contribution >= 4 is 11.3 Å². The van der Waals surface area contributed by atoms with Gasteiger partial charge in [0, 0.05) is 41.8 Å². The van der Waals surface area contributed by atoms with Crippen LogP contribution in [0.2, 0.25) is 0 Å². The average Bonchev–Trinajstić information content (AvgIpc) is 3.41. The normalized spacial score (nSPS) is 33.0. The Morgan fingerprint density at radius 3 is 2.69 bits per heavy atom. The van der Waals surface area contributed by atoms with Gasteiger partial charge in [0.05, 0.1) is 12.1 Å². The van der Waals surface area contributed by atoms with E-state index in [-0.39, 0.29) is 12.1 Å². The first-order valence-electron chi connectivity index (χ1n) is 10.2. The van der Waals surface area contributed by atoms with Gasteiger partial charge in [0.1, 0.15) is 0 Å². The summed E-state index contributed by atoms with van der Waals surface area (Å²) in [6.45, 7) is 3.41. The third-order valence-corrected chi connectivity index (χ3v) is 8.10. The van der Waals surface area contributed by atoms with E-state index in [2.05, 4.69) is 22.1 Å². The highest BCUT2D eigenvalue weighted by Gasteiger charge is 2.42. The molecule has 0 bridgehead atoms. The number of nitrogens with zero attached hydrogens (tertiary/aromatic N) is 3. The minimum Gasteiger partial charge on any atom is -0.391 e. The molecule has 0 spiro atoms. The van der Waals surface area contributed by atoms with E-state index in [9.17, 15) is 5.11 Å². The van der Waals surface area contributed by atoms with Crippen LogP contribution in [0.4, 0.5) is 0 Å². The number of rotatable bonds is 4. The number of likely N-dealkylation sites (tertiary alicyclic amines) is 1. The first kappa shape index (κ1) is 17.0. The third kappa shape index (κ3) is 3.25. The molecular weight excluding hydrogens is 342 g/mol. The molecular formula is C21H29N3OS. The van der Waals surface area contributed by atoms with E-state index in [4.69, 9.17) is 0 Å². The number of thiophene rings is 1. The molecule has 4 nitrogen and oxygen atoms in total. The summed E-state index contributed by atoms with van der Waals surface area (Å²) in [5, 5.41) is 15.0. The van der Waals surface area contributed by atoms with Gasteiger partial charge < -0.3 is 5.11 Å². The van der Waals surface area contributed by atoms with Crippen molar-refractivity contribution in [3.05, 3.63) is 40.3 Å². The summed E-state index contributed by atoms with van der Waals surface area (Å²) in [5.41, 5.74) is 0. The first-order valence-corrected chi connectivity index (χ1v) is 11.1. The Morgan fingerprint density at radius 2 is 1.92 bits per heavy atom. The second kappa shape index (κ2) is 7.10. The summed E-state index contributed by atoms with van der Waals surface area (Å²) in [5.74, 6) is 2.17. The second-order valence-electron chi connectivity index (χ2n) is 8.59. The largest absolute Gasteiger partial charge is 0.391 e. The van der Waals surface area contributed by atoms with E-state index < -0.39 is 0 Å². The molecule has 1 aliphatic heterocycles. The summed E-state index contributed by atoms with van der Waals surface area (Å²) in [6.07, 6.45) is 11.1. The van der Waals surface area contributed by atoms with Crippen LogP contribution in [0.5, 0.6) is 0 Å². The van der Waals surface area contributed by atoms with Crippen LogP contribution in [-0.2, 0) is 6.54 Å². The number of aromatic nitrogens is 2. The predicted molar refractivity (Wildman–Crippen MR) is 104 cm³/mol. The smallest absolute Gasteiger partial charge is 0.0781 e. The standard InChI is InChI=1S/C21H29N3OS/c25-20-11-17-13-23(12-16(17)10-19(20)24-9-3-8-22-24)14-18-6-7-21(26-18)15-4-1-2-5-15/h3,6-9,15-17,19-20,25H,1-2,4-5,10-14H2/t16-,17+,19-,20-/m1/s1. The van der Waals surface area contributed by atoms with Crippen LogP contribution < -0.4 is 0 Å². The average molecular weight is 372 g/mol. The monoisotopic (exact) mass is 371 g/mol. The Bertz CT molecular complexity index is 721. The Labute approximate surface area is 159 Å². The summed E-state index contributed by atoms with van der Waals surface area (Å²) in [6, 6.07) is 6.86. The SMILES string of the molecule is O[C@@H]1C[C@H]2CN(Cc3ccc(C4CCCC4)s3)C[C@H]2C[C@H]1n1cccn1. The summed E-state index contributed by atoms with van der Waals surface area (Å²) < 4.78 is 1.97. The molecule has 0 unspecified atom stereocenters. The topological polar surface area (TPSA) is 41.3 Å². The zero-order valence-electron chi connectivity index (χ0n) is 15.3. The van der Waals surface area contributed by atoms with Gasteiger partial charge in [0.15, 0.2) is 0 Å². The van der Waals surface area contributed by atoms with Crippen LogP contribution in [0.15, 0.2) is 30.6 Å². The van der Waals surface area contributed by atoms with Crippen molar-refractivity contribution in [1.29, 1.82) is 0 Å². The Kier molecular flexibility index (Phi) is 4.63. The number of aliphatic hydroxyl groups excluding tert-OH is 1. The quantitative estimate of drug-likeness (QED) is 0.882. The molecule has 3 aliphatic rings. The Morgan fingerprint density at radius 1 is 1.12 bits per heavy atom. The number of hydrogen-bond acceptors (Lipinski definition) is 4. The molecule has 1 N–H and O–H groups in total. The van der Waals surface area contributed by atoms with Crippen LogP contribution in [-0.4, -0.2) is 39.0 Å². The van der Waals surface area contributed by atoms with Crippen molar-refractivity contribution in [1.82, 2.24) is 14.7 Å². The lowest BCUT2D eigenvalue weighted by Crippen LogP contribution is -2.36. The van der Waals surface area contributed by atoms with Crippen molar-refractivity contribution in [2.75, 3.05) is 13.1 Å². The molecule has 2 saturated carbocycles. The lowest BCUT2D eigenvalue weighted by Gasteiger charge is -2.35. The summed E-state index contributed by atoms with van der Waals surface area (Å²) in [4.78, 5) is 5.76. The van der Waals surface area contributed by atoms with Crippen molar-refractivity contribution in [3.63, 3.8) is 0 Å². The number of hydrogen-bond donors (Lipinski definition) is 1. The van der Waals surface area contributed by atoms with E-state index in [1.807, 2.05) is 34.5 Å². The molecule has 3 heterocycles. The van der Waals surface area contributed by atoms with Crippen LogP contribution in [0.3, 0.4) is 0 Å². The van der Waals surface area contributed by atoms with Crippen molar-refractivity contribution < 1.29 is 5.11 Å². The predicted octanol–water partition coefficient (Wildman–Crippen LogP) is 4.05. The molecule has 2 aromatic rings. The van der Waals surface area contributed by atoms with Gasteiger partial charge in [-0.25, -0.2) is 0 Å². The van der Waals surface area contributed by atoms with Crippen molar-refractivity contribution in [2.24, 2.45) is 11.8 Å². The Balaban J connectivity index is 1.22. The van der Waals surface area contributed by atoms with Gasteiger partial charge in [-0.15, -0.1) is 11.3 Å². The fourth-order valence-corrected chi connectivity index (χ4v) is 6.75. The fourth-order valence-electron chi connectivity index (χ4n) is 5.52. The first-order chi connectivity index (χ1) is 12.8. The summed E-state index contributed by atoms with van der Waals surface area (Å²) in [7, 11) is 0. The molecule has 5 heteroatoms. The minimum atomic E-state index is -0.258. The molecule has 4 atom stereocenters. The van der Waals surface area contributed by atoms with Gasteiger partial charge in [-0.1, -0.05) is 12.8 Å². The van der Waals surface area contributed by atoms with Gasteiger partial charge in [0.25, 0.3) is 0 Å². The highest BCUT2D eigenvalue weighted by Crippen LogP contribution is 2.42. The van der Waals surface area contributed by atoms with E-state index in [1.54, 1.807) is 4.88 Å². The van der Waals surface area contributed by atoms with E-state index >= 15 is 0 Å². The Hall–Kier alpha value is -1.17. The lowest BCUT2D eigenvalue weighted by atomic mass is 9.77. The van der Waals surface area contributed by atoms with Gasteiger partial charge in [0.2, 0.25) is 0 Å². The summed E-state index contributed by atoms with van der Waals surface area (Å²) >= 11 is 2.04. The minimum absolute atomic E-state index is 0.155. The molecule has 0 aromatic carbocycles. The van der Waals surface area contributed by atoms with Gasteiger partial charge in [-0.3, -0.25) is 9.58 Å². The van der Waals surface area contributed by atoms with Crippen molar-refractivity contribution in [3.8, 4) is 0 Å². The van der Waals surface area contributed by atoms with Crippen LogP contribution in [0.25, 0.3) is 0 Å². The van der Waals surface area contributed by atoms with Crippen LogP contribution in [0.1, 0.15) is 60.2 Å². The van der Waals surface area contributed by atoms with Gasteiger partial charge >= 0.3 is 0 Å². The third-order valence-electron chi connectivity index (χ3n) is 6.87. The number of fused-ring (bicyclic) bond motifs is 1. The molecule has 0 radical (unpaired) electrons. The van der Waals surface area contributed by atoms with Gasteiger partial charge in [-0.05, 0) is 61.6 Å². The lowest BCUT2D eigenvalue weighted by molar-refractivity contribution is 0.0306. The molecule has 1 saturated heterocycles. The van der Waals surface area contributed by atoms with E-state index in [1.165, 1.54) is 37.1 Å². The maximum absolute atomic E-state index is 10.6. The molecule has 140 valence electrons. The highest BCUT2D eigenvalue weighted by molar-refractivity contribution is 7.12. The fraction of sp³-hybridized carbons (Fsp3) is 0.667. The molecule has 2 aliphatic carbocycles. The molecule has 2 aromatic heterocycles. The van der Waals surface area contributed by atoms with E-state index in [0.29, 0.717) is 11.8 Å². The zero-order chi connectivity index (χ0) is 17.5. The molecule has 5 rings (SSSR count). The maximum atomic E-state index is 10.6. The van der Waals surface area contributed by atoms with Crippen LogP contribution >= 0.6 is 11.3 Å². The van der Waals surface area contributed by atoms with Crippen LogP contribution in [0, 0.1) is 11.8 Å². The van der Waals surface area contributed by atoms with Crippen molar-refractivity contribution in [2.45, 2.75) is 63.1 Å². The second-order valence-corrected chi connectivity index (χ2v) is 9.79. The molecule has 0 amide bonds. The molecule has 26 heavy (non-hydrogen) atoms. The zero-order valence-corrected chi connectivity index (χ0v) is 16.2. The highest BCUT2D eigenvalue weighted by atomic mass is 32.1.